The third kappa shape index (κ3) is 27.2. The van der Waals surface area contributed by atoms with Crippen molar-refractivity contribution in [3.8, 4) is 0 Å². The van der Waals surface area contributed by atoms with E-state index in [1.54, 1.807) is 0 Å². The summed E-state index contributed by atoms with van der Waals surface area (Å²) < 4.78 is 46.4. The van der Waals surface area contributed by atoms with Crippen LogP contribution in [0.5, 0.6) is 0 Å². The van der Waals surface area contributed by atoms with Crippen LogP contribution in [0.1, 0.15) is 110 Å². The molecule has 1 unspecified atom stereocenters. The normalized spacial score (nSPS) is 12.7. The summed E-state index contributed by atoms with van der Waals surface area (Å²) >= 11 is -1.10. The van der Waals surface area contributed by atoms with Crippen LogP contribution in [0.25, 0.3) is 0 Å². The molecule has 1 atom stereocenters. The smallest absolute Gasteiger partial charge is 0.726 e. The van der Waals surface area contributed by atoms with E-state index in [0.717, 1.165) is 12.8 Å². The summed E-state index contributed by atoms with van der Waals surface area (Å²) in [7, 11) is -4.66. The van der Waals surface area contributed by atoms with Crippen LogP contribution < -0.4 is 29.6 Å². The Labute approximate surface area is 199 Å². The average molecular weight is 449 g/mol. The fourth-order valence-corrected chi connectivity index (χ4v) is 4.53. The zero-order valence-electron chi connectivity index (χ0n) is 18.3. The summed E-state index contributed by atoms with van der Waals surface area (Å²) in [5.41, 5.74) is 0. The molecule has 0 bridgehead atoms. The third-order valence-corrected chi connectivity index (χ3v) is 6.59. The molecule has 0 spiro atoms. The van der Waals surface area contributed by atoms with Gasteiger partial charge in [-0.05, 0) is 12.8 Å². The van der Waals surface area contributed by atoms with Crippen molar-refractivity contribution in [3.63, 3.8) is 0 Å². The minimum absolute atomic E-state index is 0. The maximum Gasteiger partial charge on any atom is 1.00 e. The maximum absolute atomic E-state index is 11.6. The molecule has 0 aromatic heterocycles. The number of hydrogen-bond donors (Lipinski definition) is 0. The van der Waals surface area contributed by atoms with Gasteiger partial charge in [0.05, 0.1) is 0 Å². The SMILES string of the molecule is CCCCCCCCCCCCCCCCCC[S+]([O-])CCOS(=O)(=O)[O-].[Na+]. The predicted octanol–water partition coefficient (Wildman–Crippen LogP) is 2.48. The second-order valence-corrected chi connectivity index (χ2v) is 10.1. The van der Waals surface area contributed by atoms with E-state index in [1.165, 1.54) is 89.9 Å². The standard InChI is InChI=1S/C20H42O5S2.Na/c1-2-3-4-5-6-7-8-9-10-11-12-13-14-15-16-17-19-26(21)20-18-25-27(22,23)24;/h2-20H2,1H3,(H,22,23,24);/q;+1/p-1. The number of hydrogen-bond acceptors (Lipinski definition) is 5. The van der Waals surface area contributed by atoms with Crippen LogP contribution in [0.2, 0.25) is 0 Å². The van der Waals surface area contributed by atoms with E-state index in [2.05, 4.69) is 11.1 Å². The van der Waals surface area contributed by atoms with Crippen molar-refractivity contribution in [3.05, 3.63) is 0 Å². The molecule has 0 heterocycles. The molecule has 0 saturated carbocycles. The molecule has 0 aromatic rings. The van der Waals surface area contributed by atoms with Crippen LogP contribution in [-0.2, 0) is 25.8 Å². The van der Waals surface area contributed by atoms with Gasteiger partial charge in [0, 0.05) is 0 Å². The molecule has 0 aromatic carbocycles. The Morgan fingerprint density at radius 2 is 1.04 bits per heavy atom. The van der Waals surface area contributed by atoms with Crippen molar-refractivity contribution in [1.29, 1.82) is 0 Å². The molecule has 28 heavy (non-hydrogen) atoms. The molecule has 0 aliphatic heterocycles. The molecule has 0 N–H and O–H groups in total. The first-order valence-electron chi connectivity index (χ1n) is 10.9. The van der Waals surface area contributed by atoms with Gasteiger partial charge in [-0.15, -0.1) is 0 Å². The van der Waals surface area contributed by atoms with Crippen LogP contribution in [0.4, 0.5) is 0 Å². The van der Waals surface area contributed by atoms with Crippen molar-refractivity contribution in [2.45, 2.75) is 110 Å². The molecule has 164 valence electrons. The molecule has 8 heteroatoms. The Balaban J connectivity index is 0. The van der Waals surface area contributed by atoms with Gasteiger partial charge in [-0.1, -0.05) is 108 Å². The molecule has 0 saturated heterocycles. The van der Waals surface area contributed by atoms with Gasteiger partial charge < -0.3 is 9.11 Å². The molecular formula is C20H41NaO5S2. The quantitative estimate of drug-likeness (QED) is 0.0885. The van der Waals surface area contributed by atoms with Gasteiger partial charge in [0.2, 0.25) is 10.4 Å². The second kappa shape index (κ2) is 22.9. The van der Waals surface area contributed by atoms with Gasteiger partial charge in [-0.25, -0.2) is 8.42 Å². The molecule has 0 amide bonds. The first-order chi connectivity index (χ1) is 13.0. The van der Waals surface area contributed by atoms with Crippen molar-refractivity contribution in [2.75, 3.05) is 18.1 Å². The average Bonchev–Trinajstić information content (AvgIpc) is 2.60. The van der Waals surface area contributed by atoms with Gasteiger partial charge in [0.15, 0.2) is 0 Å². The van der Waals surface area contributed by atoms with Gasteiger partial charge in [0.25, 0.3) is 0 Å². The molecule has 0 aliphatic carbocycles. The predicted molar refractivity (Wildman–Crippen MR) is 113 cm³/mol. The summed E-state index contributed by atoms with van der Waals surface area (Å²) in [6.45, 7) is 1.98. The largest absolute Gasteiger partial charge is 1.00 e. The topological polar surface area (TPSA) is 89.5 Å². The summed E-state index contributed by atoms with van der Waals surface area (Å²) in [5, 5.41) is 0. The number of unbranched alkanes of at least 4 members (excludes halogenated alkanes) is 15. The monoisotopic (exact) mass is 448 g/mol. The fraction of sp³-hybridized carbons (Fsp3) is 1.00. The van der Waals surface area contributed by atoms with Gasteiger partial charge >= 0.3 is 29.6 Å². The molecule has 0 fully saturated rings. The van der Waals surface area contributed by atoms with Gasteiger partial charge in [-0.3, -0.25) is 4.18 Å². The summed E-state index contributed by atoms with van der Waals surface area (Å²) in [4.78, 5) is 0. The van der Waals surface area contributed by atoms with Crippen LogP contribution in [0.3, 0.4) is 0 Å². The van der Waals surface area contributed by atoms with E-state index >= 15 is 0 Å². The van der Waals surface area contributed by atoms with Gasteiger partial charge in [0.1, 0.15) is 18.1 Å². The molecule has 0 radical (unpaired) electrons. The zero-order valence-corrected chi connectivity index (χ0v) is 21.9. The van der Waals surface area contributed by atoms with Crippen molar-refractivity contribution < 1.29 is 51.3 Å². The van der Waals surface area contributed by atoms with Crippen LogP contribution in [0, 0.1) is 0 Å². The summed E-state index contributed by atoms with van der Waals surface area (Å²) in [6.07, 6.45) is 20.8. The zero-order chi connectivity index (χ0) is 20.2. The van der Waals surface area contributed by atoms with E-state index in [1.807, 2.05) is 0 Å². The van der Waals surface area contributed by atoms with Crippen LogP contribution in [-0.4, -0.2) is 35.6 Å². The molecule has 0 rings (SSSR count). The van der Waals surface area contributed by atoms with Crippen molar-refractivity contribution in [2.24, 2.45) is 0 Å². The maximum atomic E-state index is 11.6. The van der Waals surface area contributed by atoms with E-state index in [4.69, 9.17) is 0 Å². The fourth-order valence-electron chi connectivity index (χ4n) is 3.14. The summed E-state index contributed by atoms with van der Waals surface area (Å²) in [6, 6.07) is 0. The Morgan fingerprint density at radius 1 is 0.679 bits per heavy atom. The van der Waals surface area contributed by atoms with Gasteiger partial charge in [-0.2, -0.15) is 0 Å². The van der Waals surface area contributed by atoms with Crippen molar-refractivity contribution >= 4 is 21.6 Å². The number of rotatable bonds is 21. The Hall–Kier alpha value is 1.18. The minimum atomic E-state index is -4.66. The third-order valence-electron chi connectivity index (χ3n) is 4.76. The van der Waals surface area contributed by atoms with E-state index < -0.39 is 21.6 Å². The van der Waals surface area contributed by atoms with Crippen LogP contribution >= 0.6 is 0 Å². The molecular weight excluding hydrogens is 407 g/mol. The first-order valence-corrected chi connectivity index (χ1v) is 13.7. The van der Waals surface area contributed by atoms with E-state index in [0.29, 0.717) is 5.75 Å². The second-order valence-electron chi connectivity index (χ2n) is 7.38. The minimum Gasteiger partial charge on any atom is -0.726 e. The molecule has 5 nitrogen and oxygen atoms in total. The van der Waals surface area contributed by atoms with E-state index in [9.17, 15) is 17.5 Å². The molecule has 0 aliphatic rings. The first kappa shape index (κ1) is 31.4. The Bertz CT molecular complexity index is 407. The van der Waals surface area contributed by atoms with Crippen LogP contribution in [0.15, 0.2) is 0 Å². The Kier molecular flexibility index (Phi) is 25.6. The van der Waals surface area contributed by atoms with E-state index in [-0.39, 0.29) is 41.9 Å². The summed E-state index contributed by atoms with van der Waals surface area (Å²) in [5.74, 6) is 0.668. The Morgan fingerprint density at radius 3 is 1.39 bits per heavy atom. The van der Waals surface area contributed by atoms with Crippen molar-refractivity contribution in [1.82, 2.24) is 0 Å².